The number of hydrogen-bond donors (Lipinski definition) is 0. The minimum atomic E-state index is -0.714. The predicted molar refractivity (Wildman–Crippen MR) is 119 cm³/mol. The first-order valence-electron chi connectivity index (χ1n) is 9.53. The van der Waals surface area contributed by atoms with E-state index in [9.17, 15) is 14.0 Å². The molecule has 0 aliphatic rings. The van der Waals surface area contributed by atoms with Crippen LogP contribution in [0.5, 0.6) is 0 Å². The molecule has 5 rings (SSSR count). The highest BCUT2D eigenvalue weighted by Crippen LogP contribution is 2.31. The number of carbonyl (C=O) groups is 1. The molecule has 1 amide bonds. The Morgan fingerprint density at radius 2 is 1.77 bits per heavy atom. The Labute approximate surface area is 180 Å². The quantitative estimate of drug-likeness (QED) is 0.359. The van der Waals surface area contributed by atoms with Crippen LogP contribution in [0.15, 0.2) is 88.1 Å². The number of halogens is 1. The van der Waals surface area contributed by atoms with E-state index in [2.05, 4.69) is 4.98 Å². The Balaban J connectivity index is 1.63. The van der Waals surface area contributed by atoms with Gasteiger partial charge in [0.25, 0.3) is 5.91 Å². The smallest absolute Gasteiger partial charge is 0.349 e. The fourth-order valence-corrected chi connectivity index (χ4v) is 4.34. The summed E-state index contributed by atoms with van der Waals surface area (Å²) >= 11 is 1.19. The third-order valence-electron chi connectivity index (χ3n) is 4.87. The maximum Gasteiger partial charge on any atom is 0.349 e. The Morgan fingerprint density at radius 3 is 2.61 bits per heavy atom. The standard InChI is InChI=1S/C24H15FN2O3S/c25-17-10-11-19-21(13-17)31-24(26-19)27(14-15-6-2-1-3-7-15)22(28)18-12-16-8-4-5-9-20(16)30-23(18)29/h1-13H,14H2. The highest BCUT2D eigenvalue weighted by Gasteiger charge is 2.25. The number of thiazole rings is 1. The van der Waals surface area contributed by atoms with Crippen LogP contribution in [0.2, 0.25) is 0 Å². The zero-order valence-corrected chi connectivity index (χ0v) is 16.9. The molecule has 0 saturated heterocycles. The molecule has 0 aliphatic heterocycles. The fraction of sp³-hybridized carbons (Fsp3) is 0.0417. The Morgan fingerprint density at radius 1 is 1.00 bits per heavy atom. The molecule has 0 atom stereocenters. The molecule has 0 spiro atoms. The summed E-state index contributed by atoms with van der Waals surface area (Å²) in [5, 5.41) is 1.03. The van der Waals surface area contributed by atoms with Gasteiger partial charge in [0, 0.05) is 5.39 Å². The van der Waals surface area contributed by atoms with Crippen molar-refractivity contribution >= 4 is 43.6 Å². The number of amides is 1. The zero-order valence-electron chi connectivity index (χ0n) is 16.1. The summed E-state index contributed by atoms with van der Waals surface area (Å²) in [5.41, 5.74) is 1.06. The summed E-state index contributed by atoms with van der Waals surface area (Å²) in [6.07, 6.45) is 0. The van der Waals surface area contributed by atoms with Gasteiger partial charge in [0.05, 0.1) is 16.8 Å². The van der Waals surface area contributed by atoms with Crippen LogP contribution in [0, 0.1) is 5.82 Å². The lowest BCUT2D eigenvalue weighted by Gasteiger charge is -2.19. The minimum absolute atomic E-state index is 0.0833. The topological polar surface area (TPSA) is 63.4 Å². The van der Waals surface area contributed by atoms with Gasteiger partial charge in [-0.05, 0) is 35.9 Å². The number of nitrogens with zero attached hydrogens (tertiary/aromatic N) is 2. The van der Waals surface area contributed by atoms with E-state index in [0.717, 1.165) is 5.56 Å². The van der Waals surface area contributed by atoms with E-state index in [4.69, 9.17) is 4.42 Å². The first kappa shape index (κ1) is 19.1. The summed E-state index contributed by atoms with van der Waals surface area (Å²) in [6.45, 7) is 0.203. The van der Waals surface area contributed by atoms with Crippen molar-refractivity contribution in [3.05, 3.63) is 106 Å². The molecule has 2 heterocycles. The number of hydrogen-bond acceptors (Lipinski definition) is 5. The third kappa shape index (κ3) is 3.71. The van der Waals surface area contributed by atoms with Gasteiger partial charge < -0.3 is 4.42 Å². The van der Waals surface area contributed by atoms with E-state index >= 15 is 0 Å². The molecular weight excluding hydrogens is 415 g/mol. The Bertz CT molecular complexity index is 1480. The highest BCUT2D eigenvalue weighted by molar-refractivity contribution is 7.22. The lowest BCUT2D eigenvalue weighted by Crippen LogP contribution is -2.33. The van der Waals surface area contributed by atoms with Crippen molar-refractivity contribution in [3.8, 4) is 0 Å². The van der Waals surface area contributed by atoms with Crippen LogP contribution in [0.4, 0.5) is 9.52 Å². The second-order valence-corrected chi connectivity index (χ2v) is 7.98. The van der Waals surface area contributed by atoms with Gasteiger partial charge in [0.2, 0.25) is 0 Å². The molecule has 0 unspecified atom stereocenters. The van der Waals surface area contributed by atoms with E-state index in [0.29, 0.717) is 26.3 Å². The number of para-hydroxylation sites is 1. The lowest BCUT2D eigenvalue weighted by atomic mass is 10.1. The van der Waals surface area contributed by atoms with Crippen LogP contribution in [-0.2, 0) is 6.54 Å². The molecule has 3 aromatic carbocycles. The first-order chi connectivity index (χ1) is 15.1. The van der Waals surface area contributed by atoms with Gasteiger partial charge in [0.1, 0.15) is 17.0 Å². The molecule has 5 aromatic rings. The molecule has 5 nitrogen and oxygen atoms in total. The van der Waals surface area contributed by atoms with Crippen molar-refractivity contribution in [1.29, 1.82) is 0 Å². The number of anilines is 1. The summed E-state index contributed by atoms with van der Waals surface area (Å²) in [7, 11) is 0. The number of aromatic nitrogens is 1. The van der Waals surface area contributed by atoms with Crippen LogP contribution >= 0.6 is 11.3 Å². The van der Waals surface area contributed by atoms with Crippen LogP contribution in [0.25, 0.3) is 21.2 Å². The van der Waals surface area contributed by atoms with Crippen molar-refractivity contribution < 1.29 is 13.6 Å². The molecule has 2 aromatic heterocycles. The molecule has 0 fully saturated rings. The molecule has 7 heteroatoms. The molecule has 0 N–H and O–H groups in total. The largest absolute Gasteiger partial charge is 0.422 e. The Kier molecular flexibility index (Phi) is 4.80. The maximum absolute atomic E-state index is 13.7. The van der Waals surface area contributed by atoms with Gasteiger partial charge in [-0.15, -0.1) is 0 Å². The van der Waals surface area contributed by atoms with E-state index in [1.165, 1.54) is 34.4 Å². The van der Waals surface area contributed by atoms with E-state index in [1.54, 1.807) is 30.3 Å². The van der Waals surface area contributed by atoms with Crippen molar-refractivity contribution in [2.24, 2.45) is 0 Å². The second kappa shape index (κ2) is 7.77. The lowest BCUT2D eigenvalue weighted by molar-refractivity contribution is 0.0981. The number of fused-ring (bicyclic) bond motifs is 2. The van der Waals surface area contributed by atoms with E-state index < -0.39 is 11.5 Å². The average molecular weight is 430 g/mol. The van der Waals surface area contributed by atoms with Crippen molar-refractivity contribution in [2.75, 3.05) is 4.90 Å². The molecule has 0 bridgehead atoms. The van der Waals surface area contributed by atoms with E-state index in [-0.39, 0.29) is 17.9 Å². The van der Waals surface area contributed by atoms with Crippen molar-refractivity contribution in [2.45, 2.75) is 6.54 Å². The molecule has 31 heavy (non-hydrogen) atoms. The maximum atomic E-state index is 13.7. The number of rotatable bonds is 4. The van der Waals surface area contributed by atoms with Gasteiger partial charge in [0.15, 0.2) is 5.13 Å². The van der Waals surface area contributed by atoms with Gasteiger partial charge in [-0.1, -0.05) is 59.9 Å². The zero-order chi connectivity index (χ0) is 21.4. The van der Waals surface area contributed by atoms with Crippen LogP contribution in [0.1, 0.15) is 15.9 Å². The van der Waals surface area contributed by atoms with Gasteiger partial charge in [-0.3, -0.25) is 9.69 Å². The van der Waals surface area contributed by atoms with E-state index in [1.807, 2.05) is 30.3 Å². The van der Waals surface area contributed by atoms with Gasteiger partial charge >= 0.3 is 5.63 Å². The molecule has 0 radical (unpaired) electrons. The predicted octanol–water partition coefficient (Wildman–Crippen LogP) is 5.39. The van der Waals surface area contributed by atoms with Crippen molar-refractivity contribution in [3.63, 3.8) is 0 Å². The van der Waals surface area contributed by atoms with Crippen LogP contribution in [-0.4, -0.2) is 10.9 Å². The number of carbonyl (C=O) groups excluding carboxylic acids is 1. The fourth-order valence-electron chi connectivity index (χ4n) is 3.35. The molecule has 0 saturated carbocycles. The second-order valence-electron chi connectivity index (χ2n) is 6.97. The summed E-state index contributed by atoms with van der Waals surface area (Å²) in [4.78, 5) is 32.1. The molecular formula is C24H15FN2O3S. The average Bonchev–Trinajstić information content (AvgIpc) is 3.20. The molecule has 0 aliphatic carbocycles. The highest BCUT2D eigenvalue weighted by atomic mass is 32.1. The van der Waals surface area contributed by atoms with Crippen LogP contribution in [0.3, 0.4) is 0 Å². The molecule has 152 valence electrons. The first-order valence-corrected chi connectivity index (χ1v) is 10.3. The van der Waals surface area contributed by atoms with Gasteiger partial charge in [-0.2, -0.15) is 0 Å². The third-order valence-corrected chi connectivity index (χ3v) is 5.91. The van der Waals surface area contributed by atoms with Gasteiger partial charge in [-0.25, -0.2) is 14.2 Å². The summed E-state index contributed by atoms with van der Waals surface area (Å²) in [6, 6.07) is 22.2. The number of benzene rings is 3. The minimum Gasteiger partial charge on any atom is -0.422 e. The van der Waals surface area contributed by atoms with Crippen molar-refractivity contribution in [1.82, 2.24) is 4.98 Å². The summed E-state index contributed by atoms with van der Waals surface area (Å²) < 4.78 is 19.6. The Hall–Kier alpha value is -3.84. The normalized spacial score (nSPS) is 11.1. The SMILES string of the molecule is O=C(c1cc2ccccc2oc1=O)N(Cc1ccccc1)c1nc2ccc(F)cc2s1. The monoisotopic (exact) mass is 430 g/mol. The summed E-state index contributed by atoms with van der Waals surface area (Å²) in [5.74, 6) is -0.901. The van der Waals surface area contributed by atoms with Crippen LogP contribution < -0.4 is 10.5 Å².